The van der Waals surface area contributed by atoms with Gasteiger partial charge >= 0.3 is 6.18 Å². The second-order valence-corrected chi connectivity index (χ2v) is 3.42. The van der Waals surface area contributed by atoms with Gasteiger partial charge < -0.3 is 5.73 Å². The number of benzene rings is 1. The summed E-state index contributed by atoms with van der Waals surface area (Å²) >= 11 is 2.98. The zero-order valence-corrected chi connectivity index (χ0v) is 9.34. The molecule has 6 heteroatoms. The quantitative estimate of drug-likeness (QED) is 0.843. The van der Waals surface area contributed by atoms with E-state index >= 15 is 0 Å². The Morgan fingerprint density at radius 1 is 1.29 bits per heavy atom. The summed E-state index contributed by atoms with van der Waals surface area (Å²) in [5.74, 6) is 0. The van der Waals surface area contributed by atoms with Crippen LogP contribution in [0, 0.1) is 0 Å². The summed E-state index contributed by atoms with van der Waals surface area (Å²) in [6.45, 7) is -0.109. The van der Waals surface area contributed by atoms with Crippen molar-refractivity contribution >= 4 is 28.3 Å². The summed E-state index contributed by atoms with van der Waals surface area (Å²) in [6, 6.07) is 3.94. The van der Waals surface area contributed by atoms with Gasteiger partial charge in [0.2, 0.25) is 0 Å². The van der Waals surface area contributed by atoms with Crippen molar-refractivity contribution in [2.24, 2.45) is 5.73 Å². The van der Waals surface area contributed by atoms with Gasteiger partial charge in [0.1, 0.15) is 0 Å². The smallest absolute Gasteiger partial charge is 0.326 e. The Morgan fingerprint density at radius 3 is 2.29 bits per heavy atom. The van der Waals surface area contributed by atoms with Crippen LogP contribution in [0.5, 0.6) is 0 Å². The fraction of sp³-hybridized carbons (Fsp3) is 0.250. The Hall–Kier alpha value is -0.260. The van der Waals surface area contributed by atoms with Crippen LogP contribution in [-0.2, 0) is 12.7 Å². The van der Waals surface area contributed by atoms with Crippen LogP contribution < -0.4 is 5.73 Å². The highest BCUT2D eigenvalue weighted by Gasteiger charge is 2.32. The molecule has 80 valence electrons. The van der Waals surface area contributed by atoms with Crippen molar-refractivity contribution in [3.05, 3.63) is 33.8 Å². The molecule has 0 atom stereocenters. The molecular formula is C8H8BrClF3N. The Morgan fingerprint density at radius 2 is 1.86 bits per heavy atom. The van der Waals surface area contributed by atoms with Crippen molar-refractivity contribution in [2.75, 3.05) is 0 Å². The lowest BCUT2D eigenvalue weighted by Gasteiger charge is -2.11. The highest BCUT2D eigenvalue weighted by Crippen LogP contribution is 2.33. The molecule has 0 saturated carbocycles. The van der Waals surface area contributed by atoms with Crippen molar-refractivity contribution < 1.29 is 13.2 Å². The standard InChI is InChI=1S/C8H7BrF3N.ClH/c9-6-2-1-5(4-13)7(3-6)8(10,11)12;/h1-3H,4,13H2;1H. The van der Waals surface area contributed by atoms with Crippen LogP contribution in [0.2, 0.25) is 0 Å². The molecular weight excluding hydrogens is 282 g/mol. The fourth-order valence-corrected chi connectivity index (χ4v) is 1.35. The van der Waals surface area contributed by atoms with Crippen molar-refractivity contribution in [3.63, 3.8) is 0 Å². The Balaban J connectivity index is 0.00000169. The predicted octanol–water partition coefficient (Wildman–Crippen LogP) is 3.35. The second-order valence-electron chi connectivity index (χ2n) is 2.50. The van der Waals surface area contributed by atoms with Crippen LogP contribution >= 0.6 is 28.3 Å². The third-order valence-electron chi connectivity index (χ3n) is 1.60. The summed E-state index contributed by atoms with van der Waals surface area (Å²) < 4.78 is 37.4. The van der Waals surface area contributed by atoms with E-state index in [9.17, 15) is 13.2 Å². The molecule has 0 radical (unpaired) electrons. The van der Waals surface area contributed by atoms with E-state index in [-0.39, 0.29) is 24.5 Å². The van der Waals surface area contributed by atoms with E-state index in [1.807, 2.05) is 0 Å². The topological polar surface area (TPSA) is 26.0 Å². The van der Waals surface area contributed by atoms with Crippen molar-refractivity contribution in [1.29, 1.82) is 0 Å². The van der Waals surface area contributed by atoms with Crippen molar-refractivity contribution in [3.8, 4) is 0 Å². The molecule has 0 saturated heterocycles. The Bertz CT molecular complexity index is 314. The molecule has 0 aliphatic heterocycles. The van der Waals surface area contributed by atoms with Crippen LogP contribution in [-0.4, -0.2) is 0 Å². The molecule has 0 fully saturated rings. The third-order valence-corrected chi connectivity index (χ3v) is 2.09. The van der Waals surface area contributed by atoms with E-state index < -0.39 is 11.7 Å². The minimum Gasteiger partial charge on any atom is -0.326 e. The lowest BCUT2D eigenvalue weighted by atomic mass is 10.1. The zero-order chi connectivity index (χ0) is 10.1. The highest BCUT2D eigenvalue weighted by atomic mass is 79.9. The average Bonchev–Trinajstić information content (AvgIpc) is 2.03. The zero-order valence-electron chi connectivity index (χ0n) is 6.94. The van der Waals surface area contributed by atoms with E-state index in [1.165, 1.54) is 12.1 Å². The van der Waals surface area contributed by atoms with Gasteiger partial charge in [-0.05, 0) is 17.7 Å². The maximum absolute atomic E-state index is 12.3. The van der Waals surface area contributed by atoms with Crippen LogP contribution in [0.25, 0.3) is 0 Å². The fourth-order valence-electron chi connectivity index (χ4n) is 0.991. The van der Waals surface area contributed by atoms with Gasteiger partial charge in [-0.15, -0.1) is 12.4 Å². The molecule has 1 rings (SSSR count). The number of nitrogens with two attached hydrogens (primary N) is 1. The summed E-state index contributed by atoms with van der Waals surface area (Å²) in [4.78, 5) is 0. The molecule has 2 N–H and O–H groups in total. The van der Waals surface area contributed by atoms with Crippen molar-refractivity contribution in [1.82, 2.24) is 0 Å². The Labute approximate surface area is 94.0 Å². The van der Waals surface area contributed by atoms with Gasteiger partial charge in [0.25, 0.3) is 0 Å². The SMILES string of the molecule is Cl.NCc1ccc(Br)cc1C(F)(F)F. The number of halogens is 5. The number of hydrogen-bond donors (Lipinski definition) is 1. The average molecular weight is 291 g/mol. The molecule has 0 aliphatic carbocycles. The summed E-state index contributed by atoms with van der Waals surface area (Å²) in [6.07, 6.45) is -4.33. The summed E-state index contributed by atoms with van der Waals surface area (Å²) in [5.41, 5.74) is 4.61. The van der Waals surface area contributed by atoms with Gasteiger partial charge in [-0.25, -0.2) is 0 Å². The van der Waals surface area contributed by atoms with Crippen LogP contribution in [0.3, 0.4) is 0 Å². The summed E-state index contributed by atoms with van der Waals surface area (Å²) in [5, 5.41) is 0. The van der Waals surface area contributed by atoms with E-state index in [1.54, 1.807) is 0 Å². The normalized spacial score (nSPS) is 10.9. The predicted molar refractivity (Wildman–Crippen MR) is 54.3 cm³/mol. The molecule has 0 unspecified atom stereocenters. The van der Waals surface area contributed by atoms with E-state index in [2.05, 4.69) is 15.9 Å². The molecule has 0 aromatic heterocycles. The minimum atomic E-state index is -4.33. The largest absolute Gasteiger partial charge is 0.416 e. The third kappa shape index (κ3) is 3.15. The molecule has 0 amide bonds. The lowest BCUT2D eigenvalue weighted by molar-refractivity contribution is -0.138. The first-order chi connectivity index (χ1) is 5.95. The maximum atomic E-state index is 12.3. The molecule has 0 heterocycles. The van der Waals surface area contributed by atoms with Gasteiger partial charge in [0.15, 0.2) is 0 Å². The van der Waals surface area contributed by atoms with Crippen molar-refractivity contribution in [2.45, 2.75) is 12.7 Å². The van der Waals surface area contributed by atoms with E-state index in [0.717, 1.165) is 6.07 Å². The van der Waals surface area contributed by atoms with E-state index in [4.69, 9.17) is 5.73 Å². The Kier molecular flexibility index (Phi) is 4.91. The van der Waals surface area contributed by atoms with Crippen LogP contribution in [0.4, 0.5) is 13.2 Å². The first kappa shape index (κ1) is 13.7. The van der Waals surface area contributed by atoms with E-state index in [0.29, 0.717) is 4.47 Å². The number of alkyl halides is 3. The van der Waals surface area contributed by atoms with Gasteiger partial charge in [0, 0.05) is 11.0 Å². The molecule has 1 aromatic carbocycles. The molecule has 0 bridgehead atoms. The van der Waals surface area contributed by atoms with Crippen LogP contribution in [0.1, 0.15) is 11.1 Å². The number of rotatable bonds is 1. The molecule has 1 nitrogen and oxygen atoms in total. The first-order valence-corrected chi connectivity index (χ1v) is 4.30. The van der Waals surface area contributed by atoms with Gasteiger partial charge in [-0.2, -0.15) is 13.2 Å². The van der Waals surface area contributed by atoms with Gasteiger partial charge in [0.05, 0.1) is 5.56 Å². The maximum Gasteiger partial charge on any atom is 0.416 e. The molecule has 1 aromatic rings. The van der Waals surface area contributed by atoms with Gasteiger partial charge in [-0.3, -0.25) is 0 Å². The highest BCUT2D eigenvalue weighted by molar-refractivity contribution is 9.10. The monoisotopic (exact) mass is 289 g/mol. The molecule has 0 aliphatic rings. The minimum absolute atomic E-state index is 0. The first-order valence-electron chi connectivity index (χ1n) is 3.51. The molecule has 0 spiro atoms. The molecule has 14 heavy (non-hydrogen) atoms. The van der Waals surface area contributed by atoms with Crippen LogP contribution in [0.15, 0.2) is 22.7 Å². The lowest BCUT2D eigenvalue weighted by Crippen LogP contribution is -2.11. The number of hydrogen-bond acceptors (Lipinski definition) is 1. The summed E-state index contributed by atoms with van der Waals surface area (Å²) in [7, 11) is 0. The van der Waals surface area contributed by atoms with Gasteiger partial charge in [-0.1, -0.05) is 22.0 Å². The second kappa shape index (κ2) is 5.00.